The monoisotopic (exact) mass is 273 g/mol. The third-order valence-corrected chi connectivity index (χ3v) is 3.37. The van der Waals surface area contributed by atoms with Crippen molar-refractivity contribution in [2.24, 2.45) is 11.7 Å². The van der Waals surface area contributed by atoms with Crippen LogP contribution in [0.25, 0.3) is 0 Å². The van der Waals surface area contributed by atoms with Crippen molar-refractivity contribution < 1.29 is 14.3 Å². The molecule has 0 aromatic heterocycles. The summed E-state index contributed by atoms with van der Waals surface area (Å²) in [7, 11) is 0. The molecule has 2 heterocycles. The van der Waals surface area contributed by atoms with Gasteiger partial charge < -0.3 is 20.7 Å². The molecule has 0 bridgehead atoms. The summed E-state index contributed by atoms with van der Waals surface area (Å²) >= 11 is 5.65. The second-order valence-corrected chi connectivity index (χ2v) is 4.72. The van der Waals surface area contributed by atoms with Gasteiger partial charge in [-0.25, -0.2) is 4.79 Å². The highest BCUT2D eigenvalue weighted by Gasteiger charge is 2.32. The molecule has 0 radical (unpaired) electrons. The van der Waals surface area contributed by atoms with Gasteiger partial charge in [0.15, 0.2) is 0 Å². The number of hydrogen-bond donors (Lipinski definition) is 2. The van der Waals surface area contributed by atoms with E-state index in [1.54, 1.807) is 4.90 Å². The number of amides is 3. The van der Waals surface area contributed by atoms with Crippen molar-refractivity contribution in [1.82, 2.24) is 10.2 Å². The zero-order chi connectivity index (χ0) is 13.1. The van der Waals surface area contributed by atoms with Crippen molar-refractivity contribution in [3.05, 3.63) is 11.3 Å². The van der Waals surface area contributed by atoms with Crippen molar-refractivity contribution in [2.45, 2.75) is 6.42 Å². The van der Waals surface area contributed by atoms with Gasteiger partial charge >= 0.3 is 6.03 Å². The van der Waals surface area contributed by atoms with Gasteiger partial charge in [-0.3, -0.25) is 4.79 Å². The molecule has 0 aromatic carbocycles. The number of carbonyl (C=O) groups excluding carboxylic acids is 2. The quantitative estimate of drug-likeness (QED) is 0.711. The number of urea groups is 1. The lowest BCUT2D eigenvalue weighted by atomic mass is 9.97. The molecule has 3 N–H and O–H groups in total. The highest BCUT2D eigenvalue weighted by atomic mass is 35.5. The first-order valence-electron chi connectivity index (χ1n) is 5.84. The van der Waals surface area contributed by atoms with E-state index in [1.807, 2.05) is 0 Å². The predicted molar refractivity (Wildman–Crippen MR) is 66.0 cm³/mol. The lowest BCUT2D eigenvalue weighted by molar-refractivity contribution is -0.122. The number of nitrogens with zero attached hydrogens (tertiary/aromatic N) is 1. The lowest BCUT2D eigenvalue weighted by Gasteiger charge is -2.25. The Hall–Kier alpha value is -1.27. The minimum atomic E-state index is -0.561. The Bertz CT molecular complexity index is 397. The molecule has 2 aliphatic heterocycles. The first kappa shape index (κ1) is 13.2. The highest BCUT2D eigenvalue weighted by Crippen LogP contribution is 2.24. The van der Waals surface area contributed by atoms with Gasteiger partial charge in [0.1, 0.15) is 5.92 Å². The van der Waals surface area contributed by atoms with Crippen LogP contribution in [0, 0.1) is 5.92 Å². The Labute approximate surface area is 110 Å². The molecule has 18 heavy (non-hydrogen) atoms. The van der Waals surface area contributed by atoms with E-state index >= 15 is 0 Å². The third kappa shape index (κ3) is 2.59. The molecular weight excluding hydrogens is 258 g/mol. The summed E-state index contributed by atoms with van der Waals surface area (Å²) in [6.07, 6.45) is 0.675. The summed E-state index contributed by atoms with van der Waals surface area (Å²) in [4.78, 5) is 24.9. The summed E-state index contributed by atoms with van der Waals surface area (Å²) in [6.45, 7) is 1.72. The Balaban J connectivity index is 2.20. The van der Waals surface area contributed by atoms with E-state index in [0.29, 0.717) is 37.7 Å². The summed E-state index contributed by atoms with van der Waals surface area (Å²) < 4.78 is 5.34. The summed E-state index contributed by atoms with van der Waals surface area (Å²) in [5, 5.41) is 2.77. The van der Waals surface area contributed by atoms with E-state index in [1.165, 1.54) is 0 Å². The van der Waals surface area contributed by atoms with Gasteiger partial charge in [-0.2, -0.15) is 0 Å². The molecule has 0 spiro atoms. The molecule has 0 saturated carbocycles. The smallest absolute Gasteiger partial charge is 0.321 e. The maximum atomic E-state index is 12.0. The number of nitrogens with one attached hydrogen (secondary N) is 1. The Morgan fingerprint density at radius 2 is 2.39 bits per heavy atom. The molecule has 0 fully saturated rings. The maximum absolute atomic E-state index is 12.0. The van der Waals surface area contributed by atoms with Crippen LogP contribution >= 0.6 is 11.6 Å². The van der Waals surface area contributed by atoms with Gasteiger partial charge in [-0.1, -0.05) is 0 Å². The minimum absolute atomic E-state index is 0.226. The Morgan fingerprint density at radius 3 is 3.06 bits per heavy atom. The van der Waals surface area contributed by atoms with E-state index in [2.05, 4.69) is 5.32 Å². The number of rotatable bonds is 3. The van der Waals surface area contributed by atoms with Crippen LogP contribution in [0.1, 0.15) is 6.42 Å². The normalized spacial score (nSPS) is 24.4. The van der Waals surface area contributed by atoms with Gasteiger partial charge in [0, 0.05) is 24.7 Å². The van der Waals surface area contributed by atoms with E-state index in [9.17, 15) is 9.59 Å². The van der Waals surface area contributed by atoms with Crippen LogP contribution in [-0.2, 0) is 9.53 Å². The molecule has 1 atom stereocenters. The van der Waals surface area contributed by atoms with Crippen molar-refractivity contribution in [1.29, 1.82) is 0 Å². The summed E-state index contributed by atoms with van der Waals surface area (Å²) in [5.74, 6) is -0.657. The molecular formula is C11H16ClN3O3. The first-order chi connectivity index (χ1) is 8.63. The second-order valence-electron chi connectivity index (χ2n) is 4.34. The molecule has 2 rings (SSSR count). The number of ether oxygens (including phenoxy) is 1. The Morgan fingerprint density at radius 1 is 1.61 bits per heavy atom. The topological polar surface area (TPSA) is 84.7 Å². The molecule has 7 heteroatoms. The van der Waals surface area contributed by atoms with Crippen LogP contribution in [-0.4, -0.2) is 49.0 Å². The van der Waals surface area contributed by atoms with Crippen molar-refractivity contribution in [2.75, 3.05) is 32.2 Å². The molecule has 6 nitrogen and oxygen atoms in total. The molecule has 0 aromatic rings. The first-order valence-corrected chi connectivity index (χ1v) is 6.37. The van der Waals surface area contributed by atoms with Crippen LogP contribution < -0.4 is 11.1 Å². The number of halogens is 1. The fourth-order valence-electron chi connectivity index (χ4n) is 2.20. The third-order valence-electron chi connectivity index (χ3n) is 3.20. The number of alkyl halides is 1. The standard InChI is InChI=1S/C11H16ClN3O3/c12-2-4-15-3-1-7-5-18-6-8(10(13)16)9(7)14-11(15)17/h8H,1-6H2,(H2,13,16)(H,14,17). The number of carbonyl (C=O) groups is 2. The molecule has 1 unspecified atom stereocenters. The number of primary amides is 1. The van der Waals surface area contributed by atoms with Gasteiger partial charge in [-0.05, 0) is 12.0 Å². The van der Waals surface area contributed by atoms with E-state index in [0.717, 1.165) is 5.57 Å². The minimum Gasteiger partial charge on any atom is -0.376 e. The van der Waals surface area contributed by atoms with Gasteiger partial charge in [0.25, 0.3) is 0 Å². The number of hydrogen-bond acceptors (Lipinski definition) is 3. The van der Waals surface area contributed by atoms with Crippen LogP contribution in [0.4, 0.5) is 4.79 Å². The van der Waals surface area contributed by atoms with Crippen molar-refractivity contribution in [3.8, 4) is 0 Å². The SMILES string of the molecule is NC(=O)C1COCC2=C1NC(=O)N(CCCl)CC2. The zero-order valence-electron chi connectivity index (χ0n) is 9.95. The van der Waals surface area contributed by atoms with Gasteiger partial charge in [0.05, 0.1) is 13.2 Å². The molecule has 3 amide bonds. The fraction of sp³-hybridized carbons (Fsp3) is 0.636. The molecule has 100 valence electrons. The van der Waals surface area contributed by atoms with E-state index < -0.39 is 11.8 Å². The average molecular weight is 274 g/mol. The van der Waals surface area contributed by atoms with Crippen LogP contribution in [0.2, 0.25) is 0 Å². The van der Waals surface area contributed by atoms with Gasteiger partial charge in [0.2, 0.25) is 5.91 Å². The van der Waals surface area contributed by atoms with Gasteiger partial charge in [-0.15, -0.1) is 11.6 Å². The molecule has 0 saturated heterocycles. The summed E-state index contributed by atoms with van der Waals surface area (Å²) in [6, 6.07) is -0.228. The fourth-order valence-corrected chi connectivity index (χ4v) is 2.40. The Kier molecular flexibility index (Phi) is 4.08. The van der Waals surface area contributed by atoms with Crippen LogP contribution in [0.3, 0.4) is 0 Å². The molecule has 2 aliphatic rings. The van der Waals surface area contributed by atoms with Crippen LogP contribution in [0.5, 0.6) is 0 Å². The lowest BCUT2D eigenvalue weighted by Crippen LogP contribution is -2.43. The highest BCUT2D eigenvalue weighted by molar-refractivity contribution is 6.18. The summed E-state index contributed by atoms with van der Waals surface area (Å²) in [5.41, 5.74) is 6.89. The molecule has 0 aliphatic carbocycles. The van der Waals surface area contributed by atoms with E-state index in [4.69, 9.17) is 22.1 Å². The zero-order valence-corrected chi connectivity index (χ0v) is 10.7. The number of nitrogens with two attached hydrogens (primary N) is 1. The average Bonchev–Trinajstić information content (AvgIpc) is 2.49. The van der Waals surface area contributed by atoms with Crippen molar-refractivity contribution in [3.63, 3.8) is 0 Å². The maximum Gasteiger partial charge on any atom is 0.321 e. The van der Waals surface area contributed by atoms with E-state index in [-0.39, 0.29) is 12.6 Å². The van der Waals surface area contributed by atoms with Crippen LogP contribution in [0.15, 0.2) is 11.3 Å². The predicted octanol–water partition coefficient (Wildman–Crippen LogP) is 0.0263. The van der Waals surface area contributed by atoms with Crippen molar-refractivity contribution >= 4 is 23.5 Å². The largest absolute Gasteiger partial charge is 0.376 e. The second kappa shape index (κ2) is 5.58.